The molecule has 4 rings (SSSR count). The van der Waals surface area contributed by atoms with Crippen molar-refractivity contribution in [1.29, 1.82) is 0 Å². The van der Waals surface area contributed by atoms with Crippen LogP contribution in [0, 0.1) is 5.92 Å². The first-order valence-corrected chi connectivity index (χ1v) is 10.4. The van der Waals surface area contributed by atoms with E-state index >= 15 is 0 Å². The molecule has 3 aromatic rings. The zero-order chi connectivity index (χ0) is 22.0. The zero-order valence-electron chi connectivity index (χ0n) is 18.0. The number of carbonyl (C=O) groups excluding carboxylic acids is 1. The molecule has 9 nitrogen and oxygen atoms in total. The van der Waals surface area contributed by atoms with E-state index < -0.39 is 5.41 Å². The molecule has 1 amide bonds. The van der Waals surface area contributed by atoms with Crippen molar-refractivity contribution >= 4 is 11.9 Å². The number of carbonyl (C=O) groups is 1. The van der Waals surface area contributed by atoms with Gasteiger partial charge in [-0.15, -0.1) is 0 Å². The standard InChI is InChI=1S/C22H27N7O2/c1-14(2)22(3,17-6-4-15(5-7-17)16-12-25-21(23)26-13-16)20-27-18(31-28-20)19(30)29-10-8-24-9-11-29/h4-7,12-14,24H,8-11H2,1-3H3,(H2,23,25,26). The Bertz CT molecular complexity index is 1040. The number of piperazine rings is 1. The van der Waals surface area contributed by atoms with E-state index in [0.29, 0.717) is 18.9 Å². The van der Waals surface area contributed by atoms with Crippen LogP contribution in [-0.4, -0.2) is 57.1 Å². The minimum atomic E-state index is -0.526. The van der Waals surface area contributed by atoms with Gasteiger partial charge in [0.2, 0.25) is 5.95 Å². The molecule has 3 N–H and O–H groups in total. The summed E-state index contributed by atoms with van der Waals surface area (Å²) in [4.78, 5) is 27.1. The summed E-state index contributed by atoms with van der Waals surface area (Å²) in [6.07, 6.45) is 3.40. The van der Waals surface area contributed by atoms with Crippen molar-refractivity contribution in [2.75, 3.05) is 31.9 Å². The summed E-state index contributed by atoms with van der Waals surface area (Å²) in [6, 6.07) is 8.11. The third kappa shape index (κ3) is 4.00. The summed E-state index contributed by atoms with van der Waals surface area (Å²) in [7, 11) is 0. The van der Waals surface area contributed by atoms with Gasteiger partial charge in [0.1, 0.15) is 0 Å². The first-order chi connectivity index (χ1) is 14.9. The Morgan fingerprint density at radius 3 is 2.39 bits per heavy atom. The van der Waals surface area contributed by atoms with Gasteiger partial charge in [0.05, 0.1) is 5.41 Å². The SMILES string of the molecule is CC(C)C(C)(c1ccc(-c2cnc(N)nc2)cc1)c1noc(C(=O)N2CCNCC2)n1. The molecular weight excluding hydrogens is 394 g/mol. The maximum atomic E-state index is 12.8. The Hall–Kier alpha value is -3.33. The molecule has 1 aromatic carbocycles. The van der Waals surface area contributed by atoms with Crippen LogP contribution in [0.5, 0.6) is 0 Å². The second-order valence-electron chi connectivity index (χ2n) is 8.23. The van der Waals surface area contributed by atoms with Crippen molar-refractivity contribution in [3.63, 3.8) is 0 Å². The number of nitrogen functional groups attached to an aromatic ring is 1. The van der Waals surface area contributed by atoms with E-state index in [0.717, 1.165) is 29.8 Å². The average Bonchev–Trinajstić information content (AvgIpc) is 3.30. The van der Waals surface area contributed by atoms with Gasteiger partial charge in [-0.25, -0.2) is 9.97 Å². The van der Waals surface area contributed by atoms with Crippen molar-refractivity contribution < 1.29 is 9.32 Å². The number of hydrogen-bond donors (Lipinski definition) is 2. The van der Waals surface area contributed by atoms with Gasteiger partial charge >= 0.3 is 11.8 Å². The lowest BCUT2D eigenvalue weighted by Crippen LogP contribution is -2.46. The summed E-state index contributed by atoms with van der Waals surface area (Å²) in [5.74, 6) is 0.739. The number of anilines is 1. The van der Waals surface area contributed by atoms with Gasteiger partial charge in [0.25, 0.3) is 0 Å². The number of nitrogens with two attached hydrogens (primary N) is 1. The number of amides is 1. The predicted molar refractivity (Wildman–Crippen MR) is 116 cm³/mol. The lowest BCUT2D eigenvalue weighted by molar-refractivity contribution is 0.0685. The van der Waals surface area contributed by atoms with E-state index in [9.17, 15) is 4.79 Å². The summed E-state index contributed by atoms with van der Waals surface area (Å²) in [6.45, 7) is 9.08. The highest BCUT2D eigenvalue weighted by Crippen LogP contribution is 2.38. The van der Waals surface area contributed by atoms with Crippen molar-refractivity contribution in [3.8, 4) is 11.1 Å². The summed E-state index contributed by atoms with van der Waals surface area (Å²) in [5.41, 5.74) is 7.95. The number of nitrogens with one attached hydrogen (secondary N) is 1. The Kier molecular flexibility index (Phi) is 5.69. The molecule has 3 heterocycles. The Labute approximate surface area is 181 Å². The van der Waals surface area contributed by atoms with Crippen molar-refractivity contribution in [2.45, 2.75) is 26.2 Å². The van der Waals surface area contributed by atoms with Crippen LogP contribution in [0.15, 0.2) is 41.2 Å². The number of rotatable bonds is 5. The summed E-state index contributed by atoms with van der Waals surface area (Å²) < 4.78 is 5.40. The van der Waals surface area contributed by atoms with Gasteiger partial charge in [-0.2, -0.15) is 4.98 Å². The van der Waals surface area contributed by atoms with Crippen LogP contribution in [-0.2, 0) is 5.41 Å². The van der Waals surface area contributed by atoms with Gasteiger partial charge in [0, 0.05) is 44.1 Å². The number of benzene rings is 1. The molecule has 31 heavy (non-hydrogen) atoms. The van der Waals surface area contributed by atoms with E-state index in [4.69, 9.17) is 10.3 Å². The number of aromatic nitrogens is 4. The molecule has 0 spiro atoms. The van der Waals surface area contributed by atoms with E-state index in [1.165, 1.54) is 0 Å². The van der Waals surface area contributed by atoms with Gasteiger partial charge in [0.15, 0.2) is 5.82 Å². The highest BCUT2D eigenvalue weighted by molar-refractivity contribution is 5.89. The van der Waals surface area contributed by atoms with Crippen LogP contribution >= 0.6 is 0 Å². The lowest BCUT2D eigenvalue weighted by Gasteiger charge is -2.31. The largest absolute Gasteiger partial charge is 0.368 e. The highest BCUT2D eigenvalue weighted by atomic mass is 16.5. The molecular formula is C22H27N7O2. The second kappa shape index (κ2) is 8.43. The molecule has 1 fully saturated rings. The van der Waals surface area contributed by atoms with Crippen LogP contribution in [0.25, 0.3) is 11.1 Å². The fourth-order valence-electron chi connectivity index (χ4n) is 3.74. The topological polar surface area (TPSA) is 123 Å². The maximum absolute atomic E-state index is 12.8. The van der Waals surface area contributed by atoms with Crippen molar-refractivity contribution in [1.82, 2.24) is 30.3 Å². The molecule has 1 unspecified atom stereocenters. The maximum Gasteiger partial charge on any atom is 0.316 e. The smallest absolute Gasteiger partial charge is 0.316 e. The average molecular weight is 422 g/mol. The molecule has 1 atom stereocenters. The third-order valence-corrected chi connectivity index (χ3v) is 6.12. The van der Waals surface area contributed by atoms with Crippen molar-refractivity contribution in [2.24, 2.45) is 5.92 Å². The fourth-order valence-corrected chi connectivity index (χ4v) is 3.74. The van der Waals surface area contributed by atoms with Gasteiger partial charge in [-0.3, -0.25) is 4.79 Å². The first kappa shape index (κ1) is 20.9. The van der Waals surface area contributed by atoms with E-state index in [2.05, 4.69) is 46.2 Å². The Morgan fingerprint density at radius 2 is 1.77 bits per heavy atom. The molecule has 2 aromatic heterocycles. The highest BCUT2D eigenvalue weighted by Gasteiger charge is 2.38. The minimum absolute atomic E-state index is 0.0411. The summed E-state index contributed by atoms with van der Waals surface area (Å²) in [5, 5.41) is 7.44. The monoisotopic (exact) mass is 421 g/mol. The molecule has 0 saturated carbocycles. The summed E-state index contributed by atoms with van der Waals surface area (Å²) >= 11 is 0. The third-order valence-electron chi connectivity index (χ3n) is 6.12. The Morgan fingerprint density at radius 1 is 1.13 bits per heavy atom. The normalized spacial score (nSPS) is 16.3. The molecule has 1 saturated heterocycles. The van der Waals surface area contributed by atoms with Gasteiger partial charge < -0.3 is 20.5 Å². The second-order valence-corrected chi connectivity index (χ2v) is 8.23. The molecule has 0 aliphatic carbocycles. The molecule has 0 bridgehead atoms. The number of hydrogen-bond acceptors (Lipinski definition) is 8. The molecule has 0 radical (unpaired) electrons. The van der Waals surface area contributed by atoms with Crippen LogP contribution in [0.1, 0.15) is 42.8 Å². The van der Waals surface area contributed by atoms with Crippen LogP contribution in [0.4, 0.5) is 5.95 Å². The quantitative estimate of drug-likeness (QED) is 0.642. The zero-order valence-corrected chi connectivity index (χ0v) is 18.0. The molecule has 9 heteroatoms. The van der Waals surface area contributed by atoms with E-state index in [1.807, 2.05) is 24.3 Å². The van der Waals surface area contributed by atoms with E-state index in [1.54, 1.807) is 17.3 Å². The fraction of sp³-hybridized carbons (Fsp3) is 0.409. The van der Waals surface area contributed by atoms with Crippen LogP contribution in [0.3, 0.4) is 0 Å². The number of nitrogens with zero attached hydrogens (tertiary/aromatic N) is 5. The van der Waals surface area contributed by atoms with E-state index in [-0.39, 0.29) is 23.7 Å². The van der Waals surface area contributed by atoms with Gasteiger partial charge in [-0.1, -0.05) is 43.3 Å². The van der Waals surface area contributed by atoms with Crippen LogP contribution in [0.2, 0.25) is 0 Å². The minimum Gasteiger partial charge on any atom is -0.368 e. The molecule has 162 valence electrons. The lowest BCUT2D eigenvalue weighted by atomic mass is 9.72. The molecule has 1 aliphatic rings. The van der Waals surface area contributed by atoms with Gasteiger partial charge in [-0.05, 0) is 24.0 Å². The van der Waals surface area contributed by atoms with Crippen molar-refractivity contribution in [3.05, 3.63) is 53.9 Å². The van der Waals surface area contributed by atoms with Crippen LogP contribution < -0.4 is 11.1 Å². The predicted octanol–water partition coefficient (Wildman–Crippen LogP) is 2.12. The Balaban J connectivity index is 1.62. The molecule has 1 aliphatic heterocycles. The first-order valence-electron chi connectivity index (χ1n) is 10.4.